The van der Waals surface area contributed by atoms with Crippen molar-refractivity contribution >= 4 is 28.6 Å². The maximum absolute atomic E-state index is 11.4. The van der Waals surface area contributed by atoms with E-state index in [0.29, 0.717) is 12.3 Å². The Hall–Kier alpha value is -0.580. The molecule has 1 aromatic carbocycles. The van der Waals surface area contributed by atoms with Crippen molar-refractivity contribution < 1.29 is 9.90 Å². The summed E-state index contributed by atoms with van der Waals surface area (Å²) < 4.78 is 1.19. The van der Waals surface area contributed by atoms with E-state index in [1.807, 2.05) is 31.2 Å². The molecule has 0 spiro atoms. The number of hydrogen-bond donors (Lipinski definition) is 1. The summed E-state index contributed by atoms with van der Waals surface area (Å²) in [6, 6.07) is 8.13. The standard InChI is InChI=1S/C13H15IO2/c1-13(12(15)16,10-4-5-10)8-9-2-6-11(14)7-3-9/h2-3,6-7,10H,4-5,8H2,1H3,(H,15,16). The normalized spacial score (nSPS) is 19.1. The molecule has 1 aliphatic rings. The van der Waals surface area contributed by atoms with Gasteiger partial charge >= 0.3 is 5.97 Å². The van der Waals surface area contributed by atoms with E-state index in [2.05, 4.69) is 22.6 Å². The van der Waals surface area contributed by atoms with Crippen LogP contribution >= 0.6 is 22.6 Å². The van der Waals surface area contributed by atoms with Gasteiger partial charge in [-0.25, -0.2) is 0 Å². The lowest BCUT2D eigenvalue weighted by Crippen LogP contribution is -2.32. The number of carboxylic acids is 1. The Balaban J connectivity index is 2.17. The summed E-state index contributed by atoms with van der Waals surface area (Å²) >= 11 is 2.26. The second-order valence-corrected chi connectivity index (χ2v) is 6.05. The van der Waals surface area contributed by atoms with Crippen LogP contribution in [0.1, 0.15) is 25.3 Å². The molecular weight excluding hydrogens is 315 g/mol. The van der Waals surface area contributed by atoms with E-state index < -0.39 is 11.4 Å². The number of benzene rings is 1. The Morgan fingerprint density at radius 2 is 2.00 bits per heavy atom. The van der Waals surface area contributed by atoms with Gasteiger partial charge in [-0.15, -0.1) is 0 Å². The smallest absolute Gasteiger partial charge is 0.309 e. The average molecular weight is 330 g/mol. The Morgan fingerprint density at radius 3 is 2.44 bits per heavy atom. The van der Waals surface area contributed by atoms with Gasteiger partial charge in [-0.1, -0.05) is 12.1 Å². The van der Waals surface area contributed by atoms with Crippen molar-refractivity contribution in [2.75, 3.05) is 0 Å². The van der Waals surface area contributed by atoms with Crippen LogP contribution < -0.4 is 0 Å². The van der Waals surface area contributed by atoms with Gasteiger partial charge in [0.1, 0.15) is 0 Å². The first kappa shape index (κ1) is 11.9. The summed E-state index contributed by atoms with van der Waals surface area (Å²) in [6.07, 6.45) is 2.77. The first-order valence-electron chi connectivity index (χ1n) is 5.50. The molecule has 0 aliphatic heterocycles. The maximum Gasteiger partial charge on any atom is 0.309 e. The fraction of sp³-hybridized carbons (Fsp3) is 0.462. The van der Waals surface area contributed by atoms with Gasteiger partial charge < -0.3 is 5.11 Å². The highest BCUT2D eigenvalue weighted by molar-refractivity contribution is 14.1. The molecule has 0 heterocycles. The molecular formula is C13H15IO2. The average Bonchev–Trinajstić information content (AvgIpc) is 3.04. The van der Waals surface area contributed by atoms with E-state index in [1.165, 1.54) is 3.57 Å². The van der Waals surface area contributed by atoms with Gasteiger partial charge in [-0.3, -0.25) is 4.79 Å². The summed E-state index contributed by atoms with van der Waals surface area (Å²) in [5, 5.41) is 9.36. The van der Waals surface area contributed by atoms with E-state index in [4.69, 9.17) is 0 Å². The van der Waals surface area contributed by atoms with Gasteiger partial charge in [0.05, 0.1) is 5.41 Å². The molecule has 0 amide bonds. The van der Waals surface area contributed by atoms with Gasteiger partial charge in [-0.05, 0) is 72.4 Å². The fourth-order valence-corrected chi connectivity index (χ4v) is 2.50. The molecule has 86 valence electrons. The van der Waals surface area contributed by atoms with E-state index in [-0.39, 0.29) is 0 Å². The van der Waals surface area contributed by atoms with Crippen LogP contribution in [0, 0.1) is 14.9 Å². The van der Waals surface area contributed by atoms with Crippen LogP contribution in [0.5, 0.6) is 0 Å². The highest BCUT2D eigenvalue weighted by Gasteiger charge is 2.47. The molecule has 1 saturated carbocycles. The fourth-order valence-electron chi connectivity index (χ4n) is 2.14. The number of carboxylic acid groups (broad SMARTS) is 1. The van der Waals surface area contributed by atoms with Crippen molar-refractivity contribution in [1.82, 2.24) is 0 Å². The van der Waals surface area contributed by atoms with E-state index >= 15 is 0 Å². The van der Waals surface area contributed by atoms with Crippen LogP contribution in [0.25, 0.3) is 0 Å². The molecule has 0 radical (unpaired) electrons. The highest BCUT2D eigenvalue weighted by Crippen LogP contribution is 2.47. The zero-order valence-corrected chi connectivity index (χ0v) is 11.4. The van der Waals surface area contributed by atoms with Crippen molar-refractivity contribution in [3.63, 3.8) is 0 Å². The second-order valence-electron chi connectivity index (χ2n) is 4.80. The molecule has 1 fully saturated rings. The predicted octanol–water partition coefficient (Wildman–Crippen LogP) is 3.33. The minimum Gasteiger partial charge on any atom is -0.481 e. The molecule has 0 saturated heterocycles. The van der Waals surface area contributed by atoms with Gasteiger partial charge in [0.25, 0.3) is 0 Å². The zero-order valence-electron chi connectivity index (χ0n) is 9.24. The topological polar surface area (TPSA) is 37.3 Å². The first-order valence-corrected chi connectivity index (χ1v) is 6.58. The first-order chi connectivity index (χ1) is 7.52. The van der Waals surface area contributed by atoms with Crippen LogP contribution in [0.15, 0.2) is 24.3 Å². The monoisotopic (exact) mass is 330 g/mol. The van der Waals surface area contributed by atoms with Crippen LogP contribution in [-0.2, 0) is 11.2 Å². The van der Waals surface area contributed by atoms with Crippen LogP contribution in [0.4, 0.5) is 0 Å². The molecule has 1 unspecified atom stereocenters. The molecule has 1 N–H and O–H groups in total. The minimum atomic E-state index is -0.659. The van der Waals surface area contributed by atoms with Crippen molar-refractivity contribution in [2.45, 2.75) is 26.2 Å². The Labute approximate surface area is 109 Å². The van der Waals surface area contributed by atoms with Gasteiger partial charge in [-0.2, -0.15) is 0 Å². The highest BCUT2D eigenvalue weighted by atomic mass is 127. The number of carbonyl (C=O) groups is 1. The summed E-state index contributed by atoms with van der Waals surface area (Å²) in [5.41, 5.74) is 0.546. The quantitative estimate of drug-likeness (QED) is 0.860. The summed E-state index contributed by atoms with van der Waals surface area (Å²) in [7, 11) is 0. The molecule has 3 heteroatoms. The zero-order chi connectivity index (χ0) is 11.8. The third kappa shape index (κ3) is 2.39. The lowest BCUT2D eigenvalue weighted by atomic mass is 9.79. The molecule has 1 aliphatic carbocycles. The molecule has 2 rings (SSSR count). The third-order valence-electron chi connectivity index (χ3n) is 3.45. The van der Waals surface area contributed by atoms with Gasteiger partial charge in [0, 0.05) is 3.57 Å². The number of hydrogen-bond acceptors (Lipinski definition) is 1. The Kier molecular flexibility index (Phi) is 3.24. The lowest BCUT2D eigenvalue weighted by molar-refractivity contribution is -0.149. The molecule has 1 aromatic rings. The van der Waals surface area contributed by atoms with Crippen molar-refractivity contribution in [1.29, 1.82) is 0 Å². The van der Waals surface area contributed by atoms with Crippen molar-refractivity contribution in [3.8, 4) is 0 Å². The third-order valence-corrected chi connectivity index (χ3v) is 4.17. The predicted molar refractivity (Wildman–Crippen MR) is 71.3 cm³/mol. The van der Waals surface area contributed by atoms with Crippen LogP contribution in [-0.4, -0.2) is 11.1 Å². The Bertz CT molecular complexity index is 395. The van der Waals surface area contributed by atoms with E-state index in [9.17, 15) is 9.90 Å². The number of rotatable bonds is 4. The summed E-state index contributed by atoms with van der Waals surface area (Å²) in [5.74, 6) is -0.294. The Morgan fingerprint density at radius 1 is 1.44 bits per heavy atom. The van der Waals surface area contributed by atoms with E-state index in [0.717, 1.165) is 18.4 Å². The van der Waals surface area contributed by atoms with Crippen molar-refractivity contribution in [3.05, 3.63) is 33.4 Å². The van der Waals surface area contributed by atoms with Gasteiger partial charge in [0.2, 0.25) is 0 Å². The van der Waals surface area contributed by atoms with Crippen molar-refractivity contribution in [2.24, 2.45) is 11.3 Å². The number of aliphatic carboxylic acids is 1. The van der Waals surface area contributed by atoms with Gasteiger partial charge in [0.15, 0.2) is 0 Å². The van der Waals surface area contributed by atoms with Crippen LogP contribution in [0.2, 0.25) is 0 Å². The number of halogens is 1. The van der Waals surface area contributed by atoms with E-state index in [1.54, 1.807) is 0 Å². The molecule has 16 heavy (non-hydrogen) atoms. The lowest BCUT2D eigenvalue weighted by Gasteiger charge is -2.24. The summed E-state index contributed by atoms with van der Waals surface area (Å²) in [4.78, 5) is 11.4. The summed E-state index contributed by atoms with van der Waals surface area (Å²) in [6.45, 7) is 1.88. The largest absolute Gasteiger partial charge is 0.481 e. The molecule has 2 nitrogen and oxygen atoms in total. The molecule has 0 bridgehead atoms. The minimum absolute atomic E-state index is 0.365. The SMILES string of the molecule is CC(Cc1ccc(I)cc1)(C(=O)O)C1CC1. The van der Waals surface area contributed by atoms with Crippen LogP contribution in [0.3, 0.4) is 0 Å². The second kappa shape index (κ2) is 4.35. The maximum atomic E-state index is 11.4. The molecule has 1 atom stereocenters. The molecule has 0 aromatic heterocycles.